The standard InChI is InChI=1S/C17H17ClF3N3O/c1-2-3-8-22-15-7-4-11(10-23-15)16(25)24-12-5-6-14(18)13(9-12)17(19,20)21/h4-7,9-10H,2-3,8H2,1H3,(H,22,23)(H,24,25). The average Bonchev–Trinajstić information content (AvgIpc) is 2.56. The predicted molar refractivity (Wildman–Crippen MR) is 92.0 cm³/mol. The van der Waals surface area contributed by atoms with Crippen LogP contribution in [0.3, 0.4) is 0 Å². The Balaban J connectivity index is 2.07. The SMILES string of the molecule is CCCCNc1ccc(C(=O)Nc2ccc(Cl)c(C(F)(F)F)c2)cn1. The number of benzene rings is 1. The summed E-state index contributed by atoms with van der Waals surface area (Å²) in [4.78, 5) is 16.3. The summed E-state index contributed by atoms with van der Waals surface area (Å²) in [5.74, 6) is 0.0823. The number of hydrogen-bond acceptors (Lipinski definition) is 3. The molecule has 2 aromatic rings. The number of anilines is 2. The molecule has 1 aromatic heterocycles. The van der Waals surface area contributed by atoms with Crippen LogP contribution in [0.5, 0.6) is 0 Å². The molecule has 0 aliphatic carbocycles. The molecule has 0 unspecified atom stereocenters. The molecule has 134 valence electrons. The van der Waals surface area contributed by atoms with E-state index in [9.17, 15) is 18.0 Å². The summed E-state index contributed by atoms with van der Waals surface area (Å²) < 4.78 is 38.5. The van der Waals surface area contributed by atoms with Crippen molar-refractivity contribution in [3.8, 4) is 0 Å². The molecule has 0 aliphatic heterocycles. The van der Waals surface area contributed by atoms with Crippen LogP contribution in [0.4, 0.5) is 24.7 Å². The minimum absolute atomic E-state index is 0.00636. The molecule has 0 saturated heterocycles. The van der Waals surface area contributed by atoms with E-state index in [-0.39, 0.29) is 11.3 Å². The number of alkyl halides is 3. The van der Waals surface area contributed by atoms with Gasteiger partial charge in [0.1, 0.15) is 5.82 Å². The third kappa shape index (κ3) is 5.35. The van der Waals surface area contributed by atoms with Crippen LogP contribution in [0, 0.1) is 0 Å². The number of amides is 1. The fraction of sp³-hybridized carbons (Fsp3) is 0.294. The maximum atomic E-state index is 12.8. The Hall–Kier alpha value is -2.28. The van der Waals surface area contributed by atoms with Crippen LogP contribution in [0.2, 0.25) is 5.02 Å². The highest BCUT2D eigenvalue weighted by atomic mass is 35.5. The summed E-state index contributed by atoms with van der Waals surface area (Å²) in [5.41, 5.74) is -0.753. The quantitative estimate of drug-likeness (QED) is 0.684. The summed E-state index contributed by atoms with van der Waals surface area (Å²) in [5, 5.41) is 5.10. The van der Waals surface area contributed by atoms with E-state index in [4.69, 9.17) is 11.6 Å². The van der Waals surface area contributed by atoms with Gasteiger partial charge in [-0.25, -0.2) is 4.98 Å². The molecule has 0 atom stereocenters. The van der Waals surface area contributed by atoms with E-state index in [0.29, 0.717) is 5.82 Å². The van der Waals surface area contributed by atoms with Gasteiger partial charge in [0.25, 0.3) is 5.91 Å². The van der Waals surface area contributed by atoms with Gasteiger partial charge in [-0.1, -0.05) is 24.9 Å². The lowest BCUT2D eigenvalue weighted by Crippen LogP contribution is -2.14. The molecule has 0 bridgehead atoms. The highest BCUT2D eigenvalue weighted by Gasteiger charge is 2.33. The molecule has 1 amide bonds. The Morgan fingerprint density at radius 3 is 2.60 bits per heavy atom. The van der Waals surface area contributed by atoms with Gasteiger partial charge in [-0.05, 0) is 36.8 Å². The third-order valence-corrected chi connectivity index (χ3v) is 3.72. The molecule has 1 heterocycles. The number of carbonyl (C=O) groups excluding carboxylic acids is 1. The Bertz CT molecular complexity index is 733. The Kier molecular flexibility index (Phi) is 6.25. The van der Waals surface area contributed by atoms with Crippen molar-refractivity contribution in [3.05, 3.63) is 52.7 Å². The molecule has 0 spiro atoms. The Morgan fingerprint density at radius 1 is 1.24 bits per heavy atom. The van der Waals surface area contributed by atoms with Gasteiger partial charge in [0.15, 0.2) is 0 Å². The number of nitrogens with zero attached hydrogens (tertiary/aromatic N) is 1. The molecular formula is C17H17ClF3N3O. The molecule has 25 heavy (non-hydrogen) atoms. The van der Waals surface area contributed by atoms with Crippen LogP contribution in [0.15, 0.2) is 36.5 Å². The van der Waals surface area contributed by atoms with Crippen molar-refractivity contribution in [1.82, 2.24) is 4.98 Å². The fourth-order valence-corrected chi connectivity index (χ4v) is 2.27. The molecule has 0 aliphatic rings. The van der Waals surface area contributed by atoms with Gasteiger partial charge in [0, 0.05) is 18.4 Å². The number of hydrogen-bond donors (Lipinski definition) is 2. The summed E-state index contributed by atoms with van der Waals surface area (Å²) in [6.45, 7) is 2.85. The molecule has 4 nitrogen and oxygen atoms in total. The first kappa shape index (κ1) is 19.1. The van der Waals surface area contributed by atoms with Crippen LogP contribution in [-0.2, 0) is 6.18 Å². The first-order valence-corrected chi connectivity index (χ1v) is 8.07. The van der Waals surface area contributed by atoms with Crippen molar-refractivity contribution in [2.75, 3.05) is 17.2 Å². The molecule has 2 rings (SSSR count). The summed E-state index contributed by atoms with van der Waals surface area (Å²) >= 11 is 5.55. The van der Waals surface area contributed by atoms with E-state index < -0.39 is 22.7 Å². The first-order valence-electron chi connectivity index (χ1n) is 7.69. The molecule has 8 heteroatoms. The zero-order chi connectivity index (χ0) is 18.4. The summed E-state index contributed by atoms with van der Waals surface area (Å²) in [6, 6.07) is 6.40. The number of unbranched alkanes of at least 4 members (excludes halogenated alkanes) is 1. The lowest BCUT2D eigenvalue weighted by molar-refractivity contribution is -0.137. The molecule has 2 N–H and O–H groups in total. The minimum atomic E-state index is -4.59. The topological polar surface area (TPSA) is 54.0 Å². The zero-order valence-electron chi connectivity index (χ0n) is 13.5. The van der Waals surface area contributed by atoms with Crippen LogP contribution >= 0.6 is 11.6 Å². The van der Waals surface area contributed by atoms with E-state index >= 15 is 0 Å². The maximum Gasteiger partial charge on any atom is 0.417 e. The lowest BCUT2D eigenvalue weighted by atomic mass is 10.2. The number of nitrogens with one attached hydrogen (secondary N) is 2. The number of pyridine rings is 1. The molecular weight excluding hydrogens is 355 g/mol. The van der Waals surface area contributed by atoms with E-state index in [0.717, 1.165) is 31.5 Å². The van der Waals surface area contributed by atoms with Crippen LogP contribution < -0.4 is 10.6 Å². The summed E-state index contributed by atoms with van der Waals surface area (Å²) in [6.07, 6.45) is -1.17. The number of carbonyl (C=O) groups is 1. The Labute approximate surface area is 148 Å². The fourth-order valence-electron chi connectivity index (χ4n) is 2.05. The summed E-state index contributed by atoms with van der Waals surface area (Å²) in [7, 11) is 0. The van der Waals surface area contributed by atoms with Gasteiger partial charge in [-0.15, -0.1) is 0 Å². The molecule has 0 saturated carbocycles. The van der Waals surface area contributed by atoms with Crippen molar-refractivity contribution >= 4 is 29.0 Å². The van der Waals surface area contributed by atoms with Crippen LogP contribution in [0.25, 0.3) is 0 Å². The Morgan fingerprint density at radius 2 is 2.00 bits per heavy atom. The second kappa shape index (κ2) is 8.20. The van der Waals surface area contributed by atoms with Crippen molar-refractivity contribution in [2.45, 2.75) is 25.9 Å². The van der Waals surface area contributed by atoms with Gasteiger partial charge in [0.2, 0.25) is 0 Å². The second-order valence-corrected chi connectivity index (χ2v) is 5.77. The smallest absolute Gasteiger partial charge is 0.370 e. The van der Waals surface area contributed by atoms with Crippen LogP contribution in [-0.4, -0.2) is 17.4 Å². The van der Waals surface area contributed by atoms with Gasteiger partial charge in [-0.3, -0.25) is 4.79 Å². The monoisotopic (exact) mass is 371 g/mol. The number of rotatable bonds is 6. The van der Waals surface area contributed by atoms with E-state index in [1.807, 2.05) is 0 Å². The third-order valence-electron chi connectivity index (χ3n) is 3.39. The largest absolute Gasteiger partial charge is 0.417 e. The van der Waals surface area contributed by atoms with Crippen molar-refractivity contribution in [3.63, 3.8) is 0 Å². The normalized spacial score (nSPS) is 11.2. The van der Waals surface area contributed by atoms with Gasteiger partial charge in [0.05, 0.1) is 16.1 Å². The number of halogens is 4. The van der Waals surface area contributed by atoms with Gasteiger partial charge in [-0.2, -0.15) is 13.2 Å². The van der Waals surface area contributed by atoms with Gasteiger partial charge >= 0.3 is 6.18 Å². The highest BCUT2D eigenvalue weighted by molar-refractivity contribution is 6.31. The second-order valence-electron chi connectivity index (χ2n) is 5.36. The molecule has 0 radical (unpaired) electrons. The van der Waals surface area contributed by atoms with Crippen molar-refractivity contribution < 1.29 is 18.0 Å². The van der Waals surface area contributed by atoms with Gasteiger partial charge < -0.3 is 10.6 Å². The van der Waals surface area contributed by atoms with Crippen molar-refractivity contribution in [1.29, 1.82) is 0 Å². The molecule has 1 aromatic carbocycles. The van der Waals surface area contributed by atoms with E-state index in [1.165, 1.54) is 12.3 Å². The number of aromatic nitrogens is 1. The average molecular weight is 372 g/mol. The lowest BCUT2D eigenvalue weighted by Gasteiger charge is -2.12. The van der Waals surface area contributed by atoms with Crippen molar-refractivity contribution in [2.24, 2.45) is 0 Å². The van der Waals surface area contributed by atoms with E-state index in [2.05, 4.69) is 22.5 Å². The highest BCUT2D eigenvalue weighted by Crippen LogP contribution is 2.36. The molecule has 0 fully saturated rings. The predicted octanol–water partition coefficient (Wildman–Crippen LogP) is 5.22. The minimum Gasteiger partial charge on any atom is -0.370 e. The maximum absolute atomic E-state index is 12.8. The first-order chi connectivity index (χ1) is 11.8. The zero-order valence-corrected chi connectivity index (χ0v) is 14.2. The van der Waals surface area contributed by atoms with E-state index in [1.54, 1.807) is 12.1 Å². The van der Waals surface area contributed by atoms with Crippen LogP contribution in [0.1, 0.15) is 35.7 Å².